The van der Waals surface area contributed by atoms with E-state index >= 15 is 0 Å². The molecule has 1 aromatic heterocycles. The fourth-order valence-corrected chi connectivity index (χ4v) is 4.34. The van der Waals surface area contributed by atoms with Gasteiger partial charge in [0.1, 0.15) is 11.8 Å². The first kappa shape index (κ1) is 20.6. The van der Waals surface area contributed by atoms with Crippen molar-refractivity contribution in [2.24, 2.45) is 0 Å². The number of benzene rings is 2. The monoisotopic (exact) mass is 394 g/mol. The van der Waals surface area contributed by atoms with E-state index in [-0.39, 0.29) is 6.10 Å². The Bertz CT molecular complexity index is 822. The van der Waals surface area contributed by atoms with E-state index in [1.807, 2.05) is 11.3 Å². The minimum atomic E-state index is 0.201. The lowest BCUT2D eigenvalue weighted by molar-refractivity contribution is -0.692. The van der Waals surface area contributed by atoms with Crippen molar-refractivity contribution in [2.45, 2.75) is 52.2 Å². The lowest BCUT2D eigenvalue weighted by Gasteiger charge is -2.19. The van der Waals surface area contributed by atoms with Crippen LogP contribution in [0.4, 0.5) is 0 Å². The zero-order chi connectivity index (χ0) is 19.9. The van der Waals surface area contributed by atoms with Crippen LogP contribution in [0.3, 0.4) is 0 Å². The van der Waals surface area contributed by atoms with E-state index in [0.29, 0.717) is 12.0 Å². The Morgan fingerprint density at radius 1 is 0.893 bits per heavy atom. The maximum absolute atomic E-state index is 5.82. The molecule has 28 heavy (non-hydrogen) atoms. The quantitative estimate of drug-likeness (QED) is 0.496. The van der Waals surface area contributed by atoms with Gasteiger partial charge in [0.05, 0.1) is 17.5 Å². The van der Waals surface area contributed by atoms with E-state index in [1.54, 1.807) is 0 Å². The fourth-order valence-electron chi connectivity index (χ4n) is 3.55. The van der Waals surface area contributed by atoms with Gasteiger partial charge in [-0.1, -0.05) is 48.0 Å². The second-order valence-corrected chi connectivity index (χ2v) is 8.80. The largest absolute Gasteiger partial charge is 0.491 e. The summed E-state index contributed by atoms with van der Waals surface area (Å²) in [6, 6.07) is 22.5. The van der Waals surface area contributed by atoms with Gasteiger partial charge in [-0.2, -0.15) is 0 Å². The van der Waals surface area contributed by atoms with E-state index in [2.05, 4.69) is 99.1 Å². The molecule has 0 saturated heterocycles. The topological polar surface area (TPSA) is 25.8 Å². The highest BCUT2D eigenvalue weighted by molar-refractivity contribution is 7.10. The predicted octanol–water partition coefficient (Wildman–Crippen LogP) is 5.69. The van der Waals surface area contributed by atoms with E-state index in [9.17, 15) is 0 Å². The molecule has 0 fully saturated rings. The van der Waals surface area contributed by atoms with Gasteiger partial charge in [0, 0.05) is 12.3 Å². The summed E-state index contributed by atoms with van der Waals surface area (Å²) in [6.07, 6.45) is 1.32. The summed E-state index contributed by atoms with van der Waals surface area (Å²) in [5, 5.41) is 4.62. The molecule has 0 bridgehead atoms. The van der Waals surface area contributed by atoms with Crippen LogP contribution >= 0.6 is 11.3 Å². The van der Waals surface area contributed by atoms with Crippen LogP contribution in [0.1, 0.15) is 60.7 Å². The third-order valence-corrected chi connectivity index (χ3v) is 6.17. The molecule has 2 N–H and O–H groups in total. The molecule has 0 spiro atoms. The van der Waals surface area contributed by atoms with Crippen molar-refractivity contribution in [3.63, 3.8) is 0 Å². The predicted molar refractivity (Wildman–Crippen MR) is 119 cm³/mol. The van der Waals surface area contributed by atoms with Gasteiger partial charge in [0.2, 0.25) is 0 Å². The van der Waals surface area contributed by atoms with Gasteiger partial charge < -0.3 is 10.1 Å². The fraction of sp³-hybridized carbons (Fsp3) is 0.360. The van der Waals surface area contributed by atoms with Crippen molar-refractivity contribution in [1.82, 2.24) is 0 Å². The van der Waals surface area contributed by atoms with Crippen molar-refractivity contribution in [1.29, 1.82) is 0 Å². The second-order valence-electron chi connectivity index (χ2n) is 7.82. The van der Waals surface area contributed by atoms with Gasteiger partial charge in [-0.25, -0.2) is 0 Å². The number of hydrogen-bond acceptors (Lipinski definition) is 2. The Labute approximate surface area is 173 Å². The van der Waals surface area contributed by atoms with Gasteiger partial charge in [-0.3, -0.25) is 0 Å². The van der Waals surface area contributed by atoms with Gasteiger partial charge >= 0.3 is 0 Å². The molecule has 0 aliphatic carbocycles. The molecule has 148 valence electrons. The number of aryl methyl sites for hydroxylation is 1. The molecule has 0 saturated carbocycles. The smallest absolute Gasteiger partial charge is 0.119 e. The Balaban J connectivity index is 1.72. The zero-order valence-corrected chi connectivity index (χ0v) is 18.2. The SMILES string of the molecule is Cc1ccc([C@@H](CC[NH2+][C@@H](C)c2cccs2)c2ccc(OC(C)C)cc2)cc1. The lowest BCUT2D eigenvalue weighted by Crippen LogP contribution is -2.84. The maximum atomic E-state index is 5.82. The average Bonchev–Trinajstić information content (AvgIpc) is 3.21. The van der Waals surface area contributed by atoms with Crippen LogP contribution in [0, 0.1) is 6.92 Å². The molecule has 2 aromatic carbocycles. The maximum Gasteiger partial charge on any atom is 0.119 e. The molecule has 2 atom stereocenters. The third-order valence-electron chi connectivity index (χ3n) is 5.10. The molecule has 0 unspecified atom stereocenters. The molecule has 0 radical (unpaired) electrons. The van der Waals surface area contributed by atoms with E-state index in [4.69, 9.17) is 4.74 Å². The Kier molecular flexibility index (Phi) is 7.30. The molecule has 1 heterocycles. The van der Waals surface area contributed by atoms with Gasteiger partial charge in [0.25, 0.3) is 0 Å². The molecular weight excluding hydrogens is 362 g/mol. The van der Waals surface area contributed by atoms with Gasteiger partial charge in [-0.05, 0) is 62.4 Å². The first-order valence-corrected chi connectivity index (χ1v) is 11.1. The Morgan fingerprint density at radius 3 is 2.11 bits per heavy atom. The second kappa shape index (κ2) is 9.90. The third kappa shape index (κ3) is 5.70. The summed E-state index contributed by atoms with van der Waals surface area (Å²) < 4.78 is 5.82. The summed E-state index contributed by atoms with van der Waals surface area (Å²) in [7, 11) is 0. The summed E-state index contributed by atoms with van der Waals surface area (Å²) in [5.74, 6) is 1.35. The minimum Gasteiger partial charge on any atom is -0.491 e. The van der Waals surface area contributed by atoms with Crippen LogP contribution in [0.25, 0.3) is 0 Å². The molecular formula is C25H32NOS+. The number of nitrogens with two attached hydrogens (primary N) is 1. The summed E-state index contributed by atoms with van der Waals surface area (Å²) >= 11 is 1.85. The molecule has 2 nitrogen and oxygen atoms in total. The van der Waals surface area contributed by atoms with E-state index < -0.39 is 0 Å². The van der Waals surface area contributed by atoms with Gasteiger partial charge in [0.15, 0.2) is 0 Å². The standard InChI is InChI=1S/C25H31NOS/c1-18(2)27-23-13-11-22(12-14-23)24(21-9-7-19(3)8-10-21)15-16-26-20(4)25-6-5-17-28-25/h5-14,17-18,20,24,26H,15-16H2,1-4H3/p+1/t20-,24+/m0/s1. The highest BCUT2D eigenvalue weighted by Gasteiger charge is 2.17. The zero-order valence-electron chi connectivity index (χ0n) is 17.4. The number of quaternary nitrogens is 1. The number of thiophene rings is 1. The van der Waals surface area contributed by atoms with Crippen molar-refractivity contribution < 1.29 is 10.1 Å². The lowest BCUT2D eigenvalue weighted by atomic mass is 9.88. The highest BCUT2D eigenvalue weighted by atomic mass is 32.1. The normalized spacial score (nSPS) is 13.5. The average molecular weight is 395 g/mol. The van der Waals surface area contributed by atoms with E-state index in [0.717, 1.165) is 18.7 Å². The molecule has 3 rings (SSSR count). The van der Waals surface area contributed by atoms with Crippen molar-refractivity contribution in [2.75, 3.05) is 6.54 Å². The molecule has 0 aliphatic rings. The van der Waals surface area contributed by atoms with Crippen LogP contribution in [0.5, 0.6) is 5.75 Å². The van der Waals surface area contributed by atoms with Gasteiger partial charge in [-0.15, -0.1) is 11.3 Å². The molecule has 3 aromatic rings. The number of rotatable bonds is 9. The van der Waals surface area contributed by atoms with E-state index in [1.165, 1.54) is 21.6 Å². The number of ether oxygens (including phenoxy) is 1. The first-order valence-electron chi connectivity index (χ1n) is 10.2. The first-order chi connectivity index (χ1) is 13.5. The van der Waals surface area contributed by atoms with Crippen LogP contribution in [-0.2, 0) is 0 Å². The molecule has 0 aliphatic heterocycles. The molecule has 3 heteroatoms. The summed E-state index contributed by atoms with van der Waals surface area (Å²) in [5.41, 5.74) is 4.05. The van der Waals surface area contributed by atoms with Crippen LogP contribution in [-0.4, -0.2) is 12.6 Å². The Hall–Kier alpha value is -2.10. The minimum absolute atomic E-state index is 0.201. The highest BCUT2D eigenvalue weighted by Crippen LogP contribution is 2.29. The van der Waals surface area contributed by atoms with Crippen LogP contribution in [0.15, 0.2) is 66.0 Å². The molecule has 0 amide bonds. The Morgan fingerprint density at radius 2 is 1.54 bits per heavy atom. The van der Waals surface area contributed by atoms with Crippen molar-refractivity contribution >= 4 is 11.3 Å². The van der Waals surface area contributed by atoms with Crippen molar-refractivity contribution in [3.05, 3.63) is 87.6 Å². The summed E-state index contributed by atoms with van der Waals surface area (Å²) in [4.78, 5) is 1.45. The number of hydrogen-bond donors (Lipinski definition) is 1. The summed E-state index contributed by atoms with van der Waals surface area (Å²) in [6.45, 7) is 9.67. The van der Waals surface area contributed by atoms with Crippen LogP contribution in [0.2, 0.25) is 0 Å². The van der Waals surface area contributed by atoms with Crippen molar-refractivity contribution in [3.8, 4) is 5.75 Å². The van der Waals surface area contributed by atoms with Crippen LogP contribution < -0.4 is 10.1 Å².